The minimum atomic E-state index is -4.27. The van der Waals surface area contributed by atoms with Crippen LogP contribution in [-0.2, 0) is 16.7 Å². The van der Waals surface area contributed by atoms with Crippen molar-refractivity contribution in [3.05, 3.63) is 59.2 Å². The minimum absolute atomic E-state index is 0.180. The van der Waals surface area contributed by atoms with Gasteiger partial charge < -0.3 is 5.11 Å². The zero-order valence-electron chi connectivity index (χ0n) is 11.8. The van der Waals surface area contributed by atoms with Crippen molar-refractivity contribution in [2.45, 2.75) is 11.5 Å². The number of rotatable bonds is 3. The summed E-state index contributed by atoms with van der Waals surface area (Å²) in [6, 6.07) is 11.0. The molecule has 0 aliphatic carbocycles. The summed E-state index contributed by atoms with van der Waals surface area (Å²) in [5.74, 6) is 0. The Hall–Kier alpha value is -1.99. The standard InChI is InChI=1S/C16H12ClNO4S/c17-12-1-3-15(11(7-12)9-19)16-14-4-2-13(23(20,21)22)8-10(14)5-6-18-16/h1-8,19H,9H2,(H,20,21,22). The maximum absolute atomic E-state index is 11.3. The summed E-state index contributed by atoms with van der Waals surface area (Å²) in [4.78, 5) is 4.16. The van der Waals surface area contributed by atoms with E-state index >= 15 is 0 Å². The summed E-state index contributed by atoms with van der Waals surface area (Å²) in [5, 5.41) is 11.4. The van der Waals surface area contributed by atoms with Gasteiger partial charge in [0.05, 0.1) is 17.2 Å². The van der Waals surface area contributed by atoms with Gasteiger partial charge in [0.25, 0.3) is 10.1 Å². The van der Waals surface area contributed by atoms with Gasteiger partial charge in [-0.15, -0.1) is 0 Å². The van der Waals surface area contributed by atoms with Crippen LogP contribution in [0.1, 0.15) is 5.56 Å². The third kappa shape index (κ3) is 3.07. The third-order valence-electron chi connectivity index (χ3n) is 3.53. The van der Waals surface area contributed by atoms with Crippen LogP contribution in [0, 0.1) is 0 Å². The van der Waals surface area contributed by atoms with E-state index < -0.39 is 10.1 Å². The number of benzene rings is 2. The topological polar surface area (TPSA) is 87.5 Å². The minimum Gasteiger partial charge on any atom is -0.392 e. The van der Waals surface area contributed by atoms with Crippen molar-refractivity contribution in [2.75, 3.05) is 0 Å². The van der Waals surface area contributed by atoms with Crippen LogP contribution >= 0.6 is 11.6 Å². The molecule has 3 aromatic rings. The molecule has 0 radical (unpaired) electrons. The van der Waals surface area contributed by atoms with E-state index in [0.717, 1.165) is 0 Å². The summed E-state index contributed by atoms with van der Waals surface area (Å²) in [7, 11) is -4.27. The molecular formula is C16H12ClNO4S. The molecular weight excluding hydrogens is 338 g/mol. The van der Waals surface area contributed by atoms with Crippen molar-refractivity contribution in [3.8, 4) is 11.3 Å². The quantitative estimate of drug-likeness (QED) is 0.708. The van der Waals surface area contributed by atoms with Gasteiger partial charge in [-0.25, -0.2) is 0 Å². The highest BCUT2D eigenvalue weighted by atomic mass is 35.5. The molecule has 5 nitrogen and oxygen atoms in total. The van der Waals surface area contributed by atoms with E-state index in [9.17, 15) is 13.5 Å². The van der Waals surface area contributed by atoms with Gasteiger partial charge >= 0.3 is 0 Å². The van der Waals surface area contributed by atoms with Gasteiger partial charge in [0.15, 0.2) is 0 Å². The van der Waals surface area contributed by atoms with Crippen LogP contribution in [0.2, 0.25) is 5.02 Å². The fourth-order valence-corrected chi connectivity index (χ4v) is 3.17. The van der Waals surface area contributed by atoms with Gasteiger partial charge in [0, 0.05) is 22.2 Å². The number of nitrogens with zero attached hydrogens (tertiary/aromatic N) is 1. The normalized spacial score (nSPS) is 11.8. The second kappa shape index (κ2) is 5.90. The van der Waals surface area contributed by atoms with Crippen LogP contribution in [0.5, 0.6) is 0 Å². The number of halogens is 1. The molecule has 1 heterocycles. The van der Waals surface area contributed by atoms with E-state index in [1.54, 1.807) is 36.5 Å². The molecule has 0 spiro atoms. The number of fused-ring (bicyclic) bond motifs is 1. The fourth-order valence-electron chi connectivity index (χ4n) is 2.46. The Kier molecular flexibility index (Phi) is 4.08. The Morgan fingerprint density at radius 3 is 2.57 bits per heavy atom. The molecule has 7 heteroatoms. The van der Waals surface area contributed by atoms with E-state index in [1.807, 2.05) is 0 Å². The third-order valence-corrected chi connectivity index (χ3v) is 4.61. The lowest BCUT2D eigenvalue weighted by Gasteiger charge is -2.11. The van der Waals surface area contributed by atoms with Crippen molar-refractivity contribution in [1.82, 2.24) is 4.98 Å². The average molecular weight is 350 g/mol. The summed E-state index contributed by atoms with van der Waals surface area (Å²) in [5.41, 5.74) is 1.93. The van der Waals surface area contributed by atoms with E-state index in [1.165, 1.54) is 12.1 Å². The Labute approximate surface area is 137 Å². The monoisotopic (exact) mass is 349 g/mol. The Morgan fingerprint density at radius 1 is 1.09 bits per heavy atom. The van der Waals surface area contributed by atoms with Crippen molar-refractivity contribution in [2.24, 2.45) is 0 Å². The maximum atomic E-state index is 11.3. The van der Waals surface area contributed by atoms with E-state index in [4.69, 9.17) is 16.2 Å². The van der Waals surface area contributed by atoms with Crippen molar-refractivity contribution in [1.29, 1.82) is 0 Å². The number of hydrogen-bond donors (Lipinski definition) is 2. The Balaban J connectivity index is 2.27. The van der Waals surface area contributed by atoms with E-state index in [2.05, 4.69) is 4.98 Å². The summed E-state index contributed by atoms with van der Waals surface area (Å²) < 4.78 is 31.7. The number of aromatic nitrogens is 1. The number of pyridine rings is 1. The molecule has 0 amide bonds. The summed E-state index contributed by atoms with van der Waals surface area (Å²) >= 11 is 5.95. The highest BCUT2D eigenvalue weighted by Crippen LogP contribution is 2.31. The van der Waals surface area contributed by atoms with Crippen LogP contribution in [0.4, 0.5) is 0 Å². The zero-order chi connectivity index (χ0) is 16.6. The average Bonchev–Trinajstić information content (AvgIpc) is 2.53. The molecule has 0 unspecified atom stereocenters. The number of aliphatic hydroxyl groups is 1. The van der Waals surface area contributed by atoms with Gasteiger partial charge in [-0.3, -0.25) is 9.54 Å². The maximum Gasteiger partial charge on any atom is 0.294 e. The highest BCUT2D eigenvalue weighted by Gasteiger charge is 2.14. The predicted octanol–water partition coefficient (Wildman–Crippen LogP) is 3.29. The SMILES string of the molecule is O=S(=O)(O)c1ccc2c(-c3ccc(Cl)cc3CO)nccc2c1. The van der Waals surface area contributed by atoms with Gasteiger partial charge in [0.1, 0.15) is 0 Å². The molecule has 0 saturated heterocycles. The van der Waals surface area contributed by atoms with Crippen LogP contribution in [-0.4, -0.2) is 23.1 Å². The highest BCUT2D eigenvalue weighted by molar-refractivity contribution is 7.85. The molecule has 0 fully saturated rings. The second-order valence-electron chi connectivity index (χ2n) is 4.98. The van der Waals surface area contributed by atoms with Crippen molar-refractivity contribution in [3.63, 3.8) is 0 Å². The van der Waals surface area contributed by atoms with E-state index in [0.29, 0.717) is 32.6 Å². The van der Waals surface area contributed by atoms with Crippen molar-refractivity contribution >= 4 is 32.5 Å². The molecule has 23 heavy (non-hydrogen) atoms. The molecule has 2 aromatic carbocycles. The first-order valence-electron chi connectivity index (χ1n) is 6.66. The van der Waals surface area contributed by atoms with Gasteiger partial charge in [-0.1, -0.05) is 23.7 Å². The Morgan fingerprint density at radius 2 is 1.87 bits per heavy atom. The second-order valence-corrected chi connectivity index (χ2v) is 6.84. The van der Waals surface area contributed by atoms with Crippen molar-refractivity contribution < 1.29 is 18.1 Å². The lowest BCUT2D eigenvalue weighted by molar-refractivity contribution is 0.282. The molecule has 0 aliphatic heterocycles. The lowest BCUT2D eigenvalue weighted by Crippen LogP contribution is -1.98. The number of aliphatic hydroxyl groups excluding tert-OH is 1. The number of hydrogen-bond acceptors (Lipinski definition) is 4. The summed E-state index contributed by atoms with van der Waals surface area (Å²) in [6.45, 7) is -0.197. The Bertz CT molecular complexity index is 1000. The van der Waals surface area contributed by atoms with Gasteiger partial charge in [-0.05, 0) is 41.3 Å². The zero-order valence-corrected chi connectivity index (χ0v) is 13.3. The van der Waals surface area contributed by atoms with Crippen LogP contribution in [0.25, 0.3) is 22.0 Å². The predicted molar refractivity (Wildman–Crippen MR) is 87.9 cm³/mol. The first kappa shape index (κ1) is 15.9. The molecule has 0 atom stereocenters. The van der Waals surface area contributed by atoms with Crippen LogP contribution in [0.3, 0.4) is 0 Å². The molecule has 118 valence electrons. The fraction of sp³-hybridized carbons (Fsp3) is 0.0625. The molecule has 0 saturated carbocycles. The molecule has 3 rings (SSSR count). The van der Waals surface area contributed by atoms with Gasteiger partial charge in [0.2, 0.25) is 0 Å². The first-order valence-corrected chi connectivity index (χ1v) is 8.48. The molecule has 0 bridgehead atoms. The molecule has 0 aliphatic rings. The first-order chi connectivity index (χ1) is 10.9. The van der Waals surface area contributed by atoms with Crippen LogP contribution in [0.15, 0.2) is 53.6 Å². The van der Waals surface area contributed by atoms with Crippen LogP contribution < -0.4 is 0 Å². The van der Waals surface area contributed by atoms with E-state index in [-0.39, 0.29) is 11.5 Å². The molecule has 2 N–H and O–H groups in total. The smallest absolute Gasteiger partial charge is 0.294 e. The van der Waals surface area contributed by atoms with Gasteiger partial charge in [-0.2, -0.15) is 8.42 Å². The lowest BCUT2D eigenvalue weighted by atomic mass is 10.00. The molecule has 1 aromatic heterocycles. The summed E-state index contributed by atoms with van der Waals surface area (Å²) in [6.07, 6.45) is 1.54. The largest absolute Gasteiger partial charge is 0.392 e.